The zero-order valence-electron chi connectivity index (χ0n) is 24.9. The fourth-order valence-electron chi connectivity index (χ4n) is 5.43. The second-order valence-corrected chi connectivity index (χ2v) is 10.9. The van der Waals surface area contributed by atoms with Crippen molar-refractivity contribution >= 4 is 35.3 Å². The number of anilines is 1. The summed E-state index contributed by atoms with van der Waals surface area (Å²) in [6.07, 6.45) is -0.284. The third-order valence-corrected chi connectivity index (χ3v) is 7.85. The number of nitrogens with zero attached hydrogens (tertiary/aromatic N) is 2. The third kappa shape index (κ3) is 5.77. The first-order chi connectivity index (χ1) is 21.5. The number of esters is 1. The molecule has 0 saturated heterocycles. The van der Waals surface area contributed by atoms with Gasteiger partial charge in [-0.1, -0.05) is 72.8 Å². The Morgan fingerprint density at radius 1 is 0.844 bits per heavy atom. The highest BCUT2D eigenvalue weighted by Crippen LogP contribution is 2.39. The molecule has 4 aromatic carbocycles. The van der Waals surface area contributed by atoms with Gasteiger partial charge in [-0.2, -0.15) is 0 Å². The van der Waals surface area contributed by atoms with Crippen molar-refractivity contribution in [1.29, 1.82) is 0 Å². The lowest BCUT2D eigenvalue weighted by atomic mass is 9.90. The molecule has 0 saturated carbocycles. The van der Waals surface area contributed by atoms with E-state index in [4.69, 9.17) is 4.74 Å². The number of amides is 3. The van der Waals surface area contributed by atoms with E-state index in [0.29, 0.717) is 11.1 Å². The first kappa shape index (κ1) is 30.7. The number of nitrogens with one attached hydrogen (secondary N) is 1. The number of ether oxygens (including phenoxy) is 1. The number of rotatable bonds is 9. The van der Waals surface area contributed by atoms with Crippen molar-refractivity contribution in [3.05, 3.63) is 125 Å². The second-order valence-electron chi connectivity index (χ2n) is 10.9. The van der Waals surface area contributed by atoms with E-state index in [2.05, 4.69) is 5.32 Å². The molecule has 10 heteroatoms. The minimum Gasteiger partial charge on any atom is -0.479 e. The lowest BCUT2D eigenvalue weighted by molar-refractivity contribution is -0.159. The number of hydrogen-bond acceptors (Lipinski definition) is 6. The molecular weight excluding hydrogens is 574 g/mol. The number of aliphatic carboxylic acids is 1. The van der Waals surface area contributed by atoms with Gasteiger partial charge in [0.25, 0.3) is 17.7 Å². The van der Waals surface area contributed by atoms with Gasteiger partial charge in [0, 0.05) is 37.8 Å². The number of carboxylic acid groups (broad SMARTS) is 1. The molecule has 1 aliphatic heterocycles. The summed E-state index contributed by atoms with van der Waals surface area (Å²) < 4.78 is 5.45. The zero-order chi connectivity index (χ0) is 32.3. The van der Waals surface area contributed by atoms with E-state index in [1.54, 1.807) is 50.5 Å². The van der Waals surface area contributed by atoms with Crippen LogP contribution in [0, 0.1) is 0 Å². The summed E-state index contributed by atoms with van der Waals surface area (Å²) in [7, 11) is 4.50. The topological polar surface area (TPSA) is 133 Å². The van der Waals surface area contributed by atoms with Crippen LogP contribution in [0.2, 0.25) is 0 Å². The molecule has 0 spiro atoms. The van der Waals surface area contributed by atoms with Crippen LogP contribution in [0.5, 0.6) is 0 Å². The van der Waals surface area contributed by atoms with Crippen molar-refractivity contribution in [3.8, 4) is 11.1 Å². The largest absolute Gasteiger partial charge is 0.479 e. The van der Waals surface area contributed by atoms with E-state index in [1.165, 1.54) is 30.1 Å². The van der Waals surface area contributed by atoms with Crippen LogP contribution in [0.4, 0.5) is 5.69 Å². The molecule has 4 aromatic rings. The van der Waals surface area contributed by atoms with Crippen molar-refractivity contribution in [3.63, 3.8) is 0 Å². The average molecular weight is 606 g/mol. The van der Waals surface area contributed by atoms with Gasteiger partial charge < -0.3 is 25.0 Å². The van der Waals surface area contributed by atoms with Crippen LogP contribution in [0.25, 0.3) is 11.1 Å². The van der Waals surface area contributed by atoms with E-state index in [0.717, 1.165) is 16.0 Å². The van der Waals surface area contributed by atoms with Gasteiger partial charge in [-0.15, -0.1) is 0 Å². The SMILES string of the molecule is CN(C)C(=O)c1cc(CC(=O)OC[C@@]2(C(=O)O)c3ccccc3C(=O)N2C)ccc1NC(=O)c1ccccc1-c1ccccc1. The maximum atomic E-state index is 13.5. The van der Waals surface area contributed by atoms with Gasteiger partial charge in [0.2, 0.25) is 5.54 Å². The molecule has 1 aliphatic rings. The van der Waals surface area contributed by atoms with E-state index < -0.39 is 41.8 Å². The Balaban J connectivity index is 1.37. The Morgan fingerprint density at radius 2 is 1.49 bits per heavy atom. The van der Waals surface area contributed by atoms with Crippen molar-refractivity contribution in [2.75, 3.05) is 33.1 Å². The van der Waals surface area contributed by atoms with Crippen LogP contribution in [0.1, 0.15) is 42.2 Å². The highest BCUT2D eigenvalue weighted by Gasteiger charge is 2.54. The number of carboxylic acids is 1. The summed E-state index contributed by atoms with van der Waals surface area (Å²) in [4.78, 5) is 67.3. The van der Waals surface area contributed by atoms with Gasteiger partial charge in [-0.25, -0.2) is 4.79 Å². The van der Waals surface area contributed by atoms with Crippen molar-refractivity contribution < 1.29 is 33.8 Å². The van der Waals surface area contributed by atoms with Crippen LogP contribution < -0.4 is 5.32 Å². The van der Waals surface area contributed by atoms with Crippen LogP contribution in [0.3, 0.4) is 0 Å². The Bertz CT molecular complexity index is 1820. The van der Waals surface area contributed by atoms with Gasteiger partial charge in [-0.05, 0) is 41.0 Å². The summed E-state index contributed by atoms with van der Waals surface area (Å²) >= 11 is 0. The van der Waals surface area contributed by atoms with Crippen LogP contribution >= 0.6 is 0 Å². The van der Waals surface area contributed by atoms with Crippen LogP contribution in [-0.4, -0.2) is 72.3 Å². The summed E-state index contributed by atoms with van der Waals surface area (Å²) in [6.45, 7) is -0.598. The standard InChI is InChI=1S/C35H31N3O7/c1-37(2)32(41)27-19-22(17-18-29(27)36-31(40)25-14-8-7-13-24(25)23-11-5-4-6-12-23)20-30(39)45-21-35(34(43)44)28-16-10-9-15-26(28)33(42)38(35)3/h4-19H,20-21H2,1-3H3,(H,36,40)(H,43,44)/t35-/m0/s1. The Hall–Kier alpha value is -5.77. The van der Waals surface area contributed by atoms with Crippen LogP contribution in [0.15, 0.2) is 97.1 Å². The first-order valence-electron chi connectivity index (χ1n) is 14.1. The number of carbonyl (C=O) groups excluding carboxylic acids is 4. The molecule has 45 heavy (non-hydrogen) atoms. The second kappa shape index (κ2) is 12.5. The number of carbonyl (C=O) groups is 5. The number of hydrogen-bond donors (Lipinski definition) is 2. The Labute approximate surface area is 259 Å². The summed E-state index contributed by atoms with van der Waals surface area (Å²) in [5.41, 5.74) is 1.44. The molecular formula is C35H31N3O7. The molecule has 0 aliphatic carbocycles. The minimum atomic E-state index is -1.88. The number of fused-ring (bicyclic) bond motifs is 1. The van der Waals surface area contributed by atoms with Gasteiger partial charge in [0.15, 0.2) is 0 Å². The molecule has 0 bridgehead atoms. The Morgan fingerprint density at radius 3 is 2.18 bits per heavy atom. The first-order valence-corrected chi connectivity index (χ1v) is 14.1. The fraction of sp³-hybridized carbons (Fsp3) is 0.171. The molecule has 10 nitrogen and oxygen atoms in total. The molecule has 1 heterocycles. The molecule has 0 fully saturated rings. The number of benzene rings is 4. The van der Waals surface area contributed by atoms with Crippen molar-refractivity contribution in [1.82, 2.24) is 9.80 Å². The maximum Gasteiger partial charge on any atom is 0.338 e. The lowest BCUT2D eigenvalue weighted by Crippen LogP contribution is -2.51. The molecule has 3 amide bonds. The van der Waals surface area contributed by atoms with Crippen LogP contribution in [-0.2, 0) is 26.3 Å². The van der Waals surface area contributed by atoms with Gasteiger partial charge in [0.1, 0.15) is 6.61 Å². The summed E-state index contributed by atoms with van der Waals surface area (Å²) in [5, 5.41) is 13.0. The maximum absolute atomic E-state index is 13.5. The zero-order valence-corrected chi connectivity index (χ0v) is 24.9. The lowest BCUT2D eigenvalue weighted by Gasteiger charge is -2.32. The third-order valence-electron chi connectivity index (χ3n) is 7.85. The highest BCUT2D eigenvalue weighted by atomic mass is 16.5. The van der Waals surface area contributed by atoms with E-state index >= 15 is 0 Å². The molecule has 228 valence electrons. The molecule has 0 radical (unpaired) electrons. The number of likely N-dealkylation sites (N-methyl/N-ethyl adjacent to an activating group) is 1. The van der Waals surface area contributed by atoms with Crippen molar-refractivity contribution in [2.24, 2.45) is 0 Å². The molecule has 0 aromatic heterocycles. The van der Waals surface area contributed by atoms with Crippen molar-refractivity contribution in [2.45, 2.75) is 12.0 Å². The fourth-order valence-corrected chi connectivity index (χ4v) is 5.43. The van der Waals surface area contributed by atoms with Gasteiger partial charge in [0.05, 0.1) is 17.7 Å². The summed E-state index contributed by atoms with van der Waals surface area (Å²) in [6, 6.07) is 27.5. The average Bonchev–Trinajstić information content (AvgIpc) is 3.27. The molecule has 0 unspecified atom stereocenters. The highest BCUT2D eigenvalue weighted by molar-refractivity contribution is 6.12. The monoisotopic (exact) mass is 605 g/mol. The smallest absolute Gasteiger partial charge is 0.338 e. The predicted molar refractivity (Wildman–Crippen MR) is 167 cm³/mol. The summed E-state index contributed by atoms with van der Waals surface area (Å²) in [5.74, 6) is -3.38. The predicted octanol–water partition coefficient (Wildman–Crippen LogP) is 4.46. The molecule has 2 N–H and O–H groups in total. The quantitative estimate of drug-likeness (QED) is 0.269. The van der Waals surface area contributed by atoms with E-state index in [9.17, 15) is 29.1 Å². The van der Waals surface area contributed by atoms with Gasteiger partial charge >= 0.3 is 11.9 Å². The molecule has 5 rings (SSSR count). The molecule has 1 atom stereocenters. The van der Waals surface area contributed by atoms with Gasteiger partial charge in [-0.3, -0.25) is 19.2 Å². The Kier molecular flexibility index (Phi) is 8.49. The minimum absolute atomic E-state index is 0.160. The van der Waals surface area contributed by atoms with E-state index in [-0.39, 0.29) is 28.8 Å². The normalized spacial score (nSPS) is 15.3. The van der Waals surface area contributed by atoms with E-state index in [1.807, 2.05) is 42.5 Å².